The van der Waals surface area contributed by atoms with Crippen LogP contribution in [0, 0.1) is 5.92 Å². The molecule has 0 radical (unpaired) electrons. The van der Waals surface area contributed by atoms with Gasteiger partial charge in [0.1, 0.15) is 0 Å². The van der Waals surface area contributed by atoms with Crippen molar-refractivity contribution in [3.8, 4) is 0 Å². The average molecular weight is 284 g/mol. The number of hydrogen-bond acceptors (Lipinski definition) is 2. The van der Waals surface area contributed by atoms with Crippen molar-refractivity contribution in [2.75, 3.05) is 19.8 Å². The molecule has 1 aromatic carbocycles. The van der Waals surface area contributed by atoms with Crippen molar-refractivity contribution in [1.29, 1.82) is 0 Å². The Bertz CT molecular complexity index is 306. The van der Waals surface area contributed by atoms with Crippen LogP contribution in [0.15, 0.2) is 28.7 Å². The second kappa shape index (κ2) is 6.38. The monoisotopic (exact) mass is 283 g/mol. The lowest BCUT2D eigenvalue weighted by Gasteiger charge is -2.08. The minimum absolute atomic E-state index is 0.775. The van der Waals surface area contributed by atoms with Crippen molar-refractivity contribution in [3.63, 3.8) is 0 Å². The highest BCUT2D eigenvalue weighted by Crippen LogP contribution is 2.15. The van der Waals surface area contributed by atoms with Crippen molar-refractivity contribution in [3.05, 3.63) is 34.3 Å². The molecule has 1 atom stereocenters. The Kier molecular flexibility index (Phi) is 4.82. The maximum absolute atomic E-state index is 5.35. The molecule has 1 aliphatic heterocycles. The molecule has 1 heterocycles. The van der Waals surface area contributed by atoms with Crippen LogP contribution in [0.5, 0.6) is 0 Å². The summed E-state index contributed by atoms with van der Waals surface area (Å²) < 4.78 is 6.49. The molecule has 0 spiro atoms. The van der Waals surface area contributed by atoms with E-state index in [0.717, 1.165) is 36.7 Å². The van der Waals surface area contributed by atoms with Crippen LogP contribution in [-0.4, -0.2) is 19.8 Å². The minimum Gasteiger partial charge on any atom is -0.381 e. The van der Waals surface area contributed by atoms with E-state index < -0.39 is 0 Å². The lowest BCUT2D eigenvalue weighted by atomic mass is 10.1. The van der Waals surface area contributed by atoms with Crippen LogP contribution >= 0.6 is 15.9 Å². The summed E-state index contributed by atoms with van der Waals surface area (Å²) in [5, 5.41) is 3.48. The van der Waals surface area contributed by atoms with Crippen molar-refractivity contribution >= 4 is 15.9 Å². The third-order valence-electron chi connectivity index (χ3n) is 3.00. The molecule has 1 aliphatic rings. The summed E-state index contributed by atoms with van der Waals surface area (Å²) in [6.45, 7) is 3.96. The van der Waals surface area contributed by atoms with Crippen LogP contribution in [0.4, 0.5) is 0 Å². The standard InChI is InChI=1S/C13H18BrNO/c14-13-3-1-11(2-4-13)9-15-7-5-12-6-8-16-10-12/h1-4,12,15H,5-10H2. The van der Waals surface area contributed by atoms with Crippen LogP contribution in [0.3, 0.4) is 0 Å². The summed E-state index contributed by atoms with van der Waals surface area (Å²) >= 11 is 3.44. The molecular formula is C13H18BrNO. The van der Waals surface area contributed by atoms with Gasteiger partial charge in [-0.3, -0.25) is 0 Å². The van der Waals surface area contributed by atoms with Crippen molar-refractivity contribution in [2.24, 2.45) is 5.92 Å². The molecule has 0 saturated carbocycles. The molecule has 1 fully saturated rings. The fourth-order valence-electron chi connectivity index (χ4n) is 1.95. The van der Waals surface area contributed by atoms with Crippen molar-refractivity contribution in [2.45, 2.75) is 19.4 Å². The Morgan fingerprint density at radius 1 is 1.31 bits per heavy atom. The number of hydrogen-bond donors (Lipinski definition) is 1. The van der Waals surface area contributed by atoms with Gasteiger partial charge in [0.05, 0.1) is 0 Å². The van der Waals surface area contributed by atoms with Crippen molar-refractivity contribution in [1.82, 2.24) is 5.32 Å². The number of halogens is 1. The highest BCUT2D eigenvalue weighted by atomic mass is 79.9. The van der Waals surface area contributed by atoms with Crippen LogP contribution < -0.4 is 5.32 Å². The van der Waals surface area contributed by atoms with Gasteiger partial charge >= 0.3 is 0 Å². The summed E-state index contributed by atoms with van der Waals surface area (Å²) in [7, 11) is 0. The van der Waals surface area contributed by atoms with Gasteiger partial charge in [-0.1, -0.05) is 28.1 Å². The topological polar surface area (TPSA) is 21.3 Å². The smallest absolute Gasteiger partial charge is 0.0495 e. The Hall–Kier alpha value is -0.380. The number of nitrogens with one attached hydrogen (secondary N) is 1. The second-order valence-electron chi connectivity index (χ2n) is 4.32. The van der Waals surface area contributed by atoms with Gasteiger partial charge in [0.2, 0.25) is 0 Å². The maximum Gasteiger partial charge on any atom is 0.0495 e. The Labute approximate surface area is 106 Å². The van der Waals surface area contributed by atoms with E-state index in [9.17, 15) is 0 Å². The minimum atomic E-state index is 0.775. The molecule has 0 aromatic heterocycles. The quantitative estimate of drug-likeness (QED) is 0.839. The second-order valence-corrected chi connectivity index (χ2v) is 5.24. The lowest BCUT2D eigenvalue weighted by Crippen LogP contribution is -2.17. The van der Waals surface area contributed by atoms with Crippen molar-refractivity contribution < 1.29 is 4.74 Å². The third kappa shape index (κ3) is 3.89. The first kappa shape index (κ1) is 12.1. The average Bonchev–Trinajstić information content (AvgIpc) is 2.80. The highest BCUT2D eigenvalue weighted by Gasteiger charge is 2.14. The van der Waals surface area contributed by atoms with Crippen LogP contribution in [0.1, 0.15) is 18.4 Å². The molecule has 0 aliphatic carbocycles. The largest absolute Gasteiger partial charge is 0.381 e. The summed E-state index contributed by atoms with van der Waals surface area (Å²) in [6, 6.07) is 8.47. The molecule has 2 nitrogen and oxygen atoms in total. The summed E-state index contributed by atoms with van der Waals surface area (Å²) in [6.07, 6.45) is 2.47. The predicted molar refractivity (Wildman–Crippen MR) is 69.4 cm³/mol. The molecule has 1 unspecified atom stereocenters. The fraction of sp³-hybridized carbons (Fsp3) is 0.538. The summed E-state index contributed by atoms with van der Waals surface area (Å²) in [5.41, 5.74) is 1.34. The number of ether oxygens (including phenoxy) is 1. The molecule has 1 aromatic rings. The first-order valence-corrected chi connectivity index (χ1v) is 6.67. The van der Waals surface area contributed by atoms with E-state index in [4.69, 9.17) is 4.74 Å². The van der Waals surface area contributed by atoms with E-state index in [1.165, 1.54) is 18.4 Å². The first-order chi connectivity index (χ1) is 7.84. The zero-order valence-corrected chi connectivity index (χ0v) is 11.0. The zero-order valence-electron chi connectivity index (χ0n) is 9.42. The van der Waals surface area contributed by atoms with E-state index in [0.29, 0.717) is 0 Å². The molecule has 16 heavy (non-hydrogen) atoms. The van der Waals surface area contributed by atoms with Gasteiger partial charge in [-0.25, -0.2) is 0 Å². The maximum atomic E-state index is 5.35. The molecular weight excluding hydrogens is 266 g/mol. The normalized spacial score (nSPS) is 20.2. The molecule has 0 amide bonds. The SMILES string of the molecule is Brc1ccc(CNCCC2CCOC2)cc1. The van der Waals surface area contributed by atoms with Gasteiger partial charge in [0, 0.05) is 24.2 Å². The van der Waals surface area contributed by atoms with Gasteiger partial charge in [-0.2, -0.15) is 0 Å². The van der Waals surface area contributed by atoms with Gasteiger partial charge in [0.15, 0.2) is 0 Å². The first-order valence-electron chi connectivity index (χ1n) is 5.87. The molecule has 1 N–H and O–H groups in total. The zero-order chi connectivity index (χ0) is 11.2. The van der Waals surface area contributed by atoms with E-state index in [-0.39, 0.29) is 0 Å². The van der Waals surface area contributed by atoms with Gasteiger partial charge in [0.25, 0.3) is 0 Å². The molecule has 1 saturated heterocycles. The van der Waals surface area contributed by atoms with Crippen LogP contribution in [-0.2, 0) is 11.3 Å². The van der Waals surface area contributed by atoms with E-state index >= 15 is 0 Å². The van der Waals surface area contributed by atoms with E-state index in [1.807, 2.05) is 0 Å². The number of rotatable bonds is 5. The Morgan fingerprint density at radius 3 is 2.81 bits per heavy atom. The molecule has 2 rings (SSSR count). The summed E-state index contributed by atoms with van der Waals surface area (Å²) in [5.74, 6) is 0.775. The Balaban J connectivity index is 1.62. The van der Waals surface area contributed by atoms with Crippen LogP contribution in [0.25, 0.3) is 0 Å². The molecule has 0 bridgehead atoms. The Morgan fingerprint density at radius 2 is 2.12 bits per heavy atom. The van der Waals surface area contributed by atoms with E-state index in [2.05, 4.69) is 45.5 Å². The van der Waals surface area contributed by atoms with Gasteiger partial charge < -0.3 is 10.1 Å². The summed E-state index contributed by atoms with van der Waals surface area (Å²) in [4.78, 5) is 0. The van der Waals surface area contributed by atoms with Gasteiger partial charge in [-0.05, 0) is 43.0 Å². The van der Waals surface area contributed by atoms with E-state index in [1.54, 1.807) is 0 Å². The lowest BCUT2D eigenvalue weighted by molar-refractivity contribution is 0.184. The fourth-order valence-corrected chi connectivity index (χ4v) is 2.22. The highest BCUT2D eigenvalue weighted by molar-refractivity contribution is 9.10. The number of benzene rings is 1. The van der Waals surface area contributed by atoms with Gasteiger partial charge in [-0.15, -0.1) is 0 Å². The molecule has 88 valence electrons. The van der Waals surface area contributed by atoms with Crippen LogP contribution in [0.2, 0.25) is 0 Å². The third-order valence-corrected chi connectivity index (χ3v) is 3.52. The molecule has 3 heteroatoms. The predicted octanol–water partition coefficient (Wildman–Crippen LogP) is 2.97.